The van der Waals surface area contributed by atoms with Gasteiger partial charge in [-0.25, -0.2) is 9.97 Å². The molecule has 0 unspecified atom stereocenters. The van der Waals surface area contributed by atoms with Crippen LogP contribution < -0.4 is 0 Å². The average molecular weight is 644 g/mol. The molecule has 5 heteroatoms. The van der Waals surface area contributed by atoms with E-state index in [1.807, 2.05) is 23.5 Å². The third-order valence-electron chi connectivity index (χ3n) is 9.77. The molecule has 49 heavy (non-hydrogen) atoms. The molecule has 0 fully saturated rings. The van der Waals surface area contributed by atoms with Crippen LogP contribution >= 0.6 is 11.3 Å². The van der Waals surface area contributed by atoms with Crippen LogP contribution in [0.5, 0.6) is 0 Å². The summed E-state index contributed by atoms with van der Waals surface area (Å²) in [7, 11) is 0. The smallest absolute Gasteiger partial charge is 0.160 e. The Bertz CT molecular complexity index is 3110. The van der Waals surface area contributed by atoms with E-state index in [1.165, 1.54) is 36.5 Å². The zero-order chi connectivity index (χ0) is 32.1. The third kappa shape index (κ3) is 3.79. The van der Waals surface area contributed by atoms with Crippen molar-refractivity contribution in [1.82, 2.24) is 14.5 Å². The molecule has 0 aliphatic heterocycles. The van der Waals surface area contributed by atoms with Crippen molar-refractivity contribution in [2.45, 2.75) is 0 Å². The molecule has 4 nitrogen and oxygen atoms in total. The molecule has 4 aromatic heterocycles. The Labute approximate surface area is 284 Å². The van der Waals surface area contributed by atoms with Crippen molar-refractivity contribution in [3.63, 3.8) is 0 Å². The molecule has 0 spiro atoms. The number of hydrogen-bond donors (Lipinski definition) is 0. The molecule has 7 aromatic carbocycles. The number of furan rings is 1. The van der Waals surface area contributed by atoms with Crippen molar-refractivity contribution in [3.05, 3.63) is 152 Å². The van der Waals surface area contributed by atoms with Gasteiger partial charge in [0.2, 0.25) is 0 Å². The minimum atomic E-state index is 0.704. The van der Waals surface area contributed by atoms with Crippen molar-refractivity contribution in [3.8, 4) is 28.3 Å². The Hall–Kier alpha value is -6.30. The second-order valence-electron chi connectivity index (χ2n) is 12.5. The molecular weight excluding hydrogens is 619 g/mol. The lowest BCUT2D eigenvalue weighted by Gasteiger charge is -2.12. The van der Waals surface area contributed by atoms with Gasteiger partial charge in [-0.05, 0) is 36.4 Å². The van der Waals surface area contributed by atoms with Crippen LogP contribution in [0.15, 0.2) is 156 Å². The van der Waals surface area contributed by atoms with E-state index in [4.69, 9.17) is 14.4 Å². The van der Waals surface area contributed by atoms with Gasteiger partial charge in [0.1, 0.15) is 11.2 Å². The summed E-state index contributed by atoms with van der Waals surface area (Å²) in [5, 5.41) is 8.15. The molecule has 4 heterocycles. The Kier molecular flexibility index (Phi) is 5.51. The van der Waals surface area contributed by atoms with E-state index in [1.54, 1.807) is 0 Å². The average Bonchev–Trinajstić information content (AvgIpc) is 3.84. The number of fused-ring (bicyclic) bond motifs is 13. The lowest BCUT2D eigenvalue weighted by molar-refractivity contribution is 0.673. The number of nitrogens with zero attached hydrogens (tertiary/aromatic N) is 3. The number of rotatable bonds is 3. The second kappa shape index (κ2) is 10.1. The fourth-order valence-electron chi connectivity index (χ4n) is 7.69. The summed E-state index contributed by atoms with van der Waals surface area (Å²) in [6.45, 7) is 0. The summed E-state index contributed by atoms with van der Waals surface area (Å²) in [6, 6.07) is 53.2. The number of para-hydroxylation sites is 3. The Morgan fingerprint density at radius 1 is 0.531 bits per heavy atom. The molecule has 0 atom stereocenters. The summed E-state index contributed by atoms with van der Waals surface area (Å²) >= 11 is 1.84. The predicted octanol–water partition coefficient (Wildman–Crippen LogP) is 12.3. The molecule has 0 radical (unpaired) electrons. The van der Waals surface area contributed by atoms with Crippen molar-refractivity contribution in [2.75, 3.05) is 0 Å². The number of benzene rings is 7. The van der Waals surface area contributed by atoms with E-state index in [9.17, 15) is 0 Å². The van der Waals surface area contributed by atoms with Gasteiger partial charge in [-0.15, -0.1) is 11.3 Å². The maximum absolute atomic E-state index is 6.74. The van der Waals surface area contributed by atoms with Crippen LogP contribution in [0, 0.1) is 0 Å². The van der Waals surface area contributed by atoms with Crippen molar-refractivity contribution in [1.29, 1.82) is 0 Å². The Morgan fingerprint density at radius 3 is 2.14 bits per heavy atom. The van der Waals surface area contributed by atoms with Crippen LogP contribution in [0.1, 0.15) is 0 Å². The molecule has 0 saturated carbocycles. The first kappa shape index (κ1) is 26.7. The highest BCUT2D eigenvalue weighted by Crippen LogP contribution is 2.50. The fourth-order valence-corrected chi connectivity index (χ4v) is 8.93. The minimum Gasteiger partial charge on any atom is -0.455 e. The van der Waals surface area contributed by atoms with Crippen molar-refractivity contribution >= 4 is 86.2 Å². The zero-order valence-corrected chi connectivity index (χ0v) is 26.9. The molecule has 228 valence electrons. The molecule has 0 N–H and O–H groups in total. The van der Waals surface area contributed by atoms with Crippen molar-refractivity contribution in [2.24, 2.45) is 0 Å². The summed E-state index contributed by atoms with van der Waals surface area (Å²) in [5.74, 6) is 0.704. The first-order valence-electron chi connectivity index (χ1n) is 16.4. The van der Waals surface area contributed by atoms with Crippen LogP contribution in [0.4, 0.5) is 0 Å². The first-order valence-corrected chi connectivity index (χ1v) is 17.2. The lowest BCUT2D eigenvalue weighted by Crippen LogP contribution is -1.98. The summed E-state index contributed by atoms with van der Waals surface area (Å²) in [4.78, 5) is 10.3. The predicted molar refractivity (Wildman–Crippen MR) is 205 cm³/mol. The molecule has 0 saturated heterocycles. The largest absolute Gasteiger partial charge is 0.455 e. The van der Waals surface area contributed by atoms with E-state index >= 15 is 0 Å². The number of aromatic nitrogens is 3. The standard InChI is InChI=1S/C44H25N3OS/c1-2-13-26(14-3-1)40-29-17-4-8-21-33(29)45-44(46-40)27-15-12-16-28(25-27)47-34-22-9-5-18-30(34)37-38-31-19-6-10-23-35(31)48-42(38)39-32-20-7-11-24-36(32)49-43(39)41(37)47/h1-25H. The molecule has 0 amide bonds. The van der Waals surface area contributed by atoms with Gasteiger partial charge >= 0.3 is 0 Å². The van der Waals surface area contributed by atoms with Gasteiger partial charge in [-0.3, -0.25) is 0 Å². The van der Waals surface area contributed by atoms with E-state index in [2.05, 4.69) is 144 Å². The summed E-state index contributed by atoms with van der Waals surface area (Å²) < 4.78 is 11.6. The second-order valence-corrected chi connectivity index (χ2v) is 13.6. The SMILES string of the molecule is c1ccc(-c2nc(-c3cccc(-n4c5ccccc5c5c6c7ccccc7oc6c6c7ccccc7sc6c54)c3)nc3ccccc23)cc1. The molecule has 11 aromatic rings. The van der Waals surface area contributed by atoms with Gasteiger partial charge in [0, 0.05) is 59.2 Å². The van der Waals surface area contributed by atoms with Gasteiger partial charge in [-0.2, -0.15) is 0 Å². The highest BCUT2D eigenvalue weighted by molar-refractivity contribution is 7.27. The topological polar surface area (TPSA) is 43.9 Å². The van der Waals surface area contributed by atoms with E-state index in [0.29, 0.717) is 5.82 Å². The van der Waals surface area contributed by atoms with Crippen LogP contribution in [0.25, 0.3) is 103 Å². The molecular formula is C44H25N3OS. The molecule has 0 bridgehead atoms. The van der Waals surface area contributed by atoms with Crippen LogP contribution in [0.2, 0.25) is 0 Å². The van der Waals surface area contributed by atoms with Gasteiger partial charge in [0.05, 0.1) is 26.9 Å². The number of hydrogen-bond acceptors (Lipinski definition) is 4. The summed E-state index contributed by atoms with van der Waals surface area (Å²) in [5.41, 5.74) is 9.16. The van der Waals surface area contributed by atoms with Gasteiger partial charge in [0.25, 0.3) is 0 Å². The van der Waals surface area contributed by atoms with E-state index in [0.717, 1.165) is 60.9 Å². The maximum atomic E-state index is 6.74. The lowest BCUT2D eigenvalue weighted by atomic mass is 10.0. The fraction of sp³-hybridized carbons (Fsp3) is 0. The van der Waals surface area contributed by atoms with E-state index < -0.39 is 0 Å². The first-order chi connectivity index (χ1) is 24.3. The molecule has 11 rings (SSSR count). The molecule has 0 aliphatic carbocycles. The van der Waals surface area contributed by atoms with Crippen LogP contribution in [0.3, 0.4) is 0 Å². The monoisotopic (exact) mass is 643 g/mol. The Balaban J connectivity index is 1.26. The number of thiophene rings is 1. The van der Waals surface area contributed by atoms with Crippen LogP contribution in [-0.2, 0) is 0 Å². The normalized spacial score (nSPS) is 12.1. The van der Waals surface area contributed by atoms with Crippen molar-refractivity contribution < 1.29 is 4.42 Å². The van der Waals surface area contributed by atoms with Gasteiger partial charge in [-0.1, -0.05) is 115 Å². The quantitative estimate of drug-likeness (QED) is 0.192. The third-order valence-corrected chi connectivity index (χ3v) is 10.9. The zero-order valence-electron chi connectivity index (χ0n) is 26.1. The van der Waals surface area contributed by atoms with Gasteiger partial charge in [0.15, 0.2) is 5.82 Å². The highest BCUT2D eigenvalue weighted by atomic mass is 32.1. The Morgan fingerprint density at radius 2 is 1.24 bits per heavy atom. The van der Waals surface area contributed by atoms with E-state index in [-0.39, 0.29) is 0 Å². The van der Waals surface area contributed by atoms with Crippen LogP contribution in [-0.4, -0.2) is 14.5 Å². The summed E-state index contributed by atoms with van der Waals surface area (Å²) in [6.07, 6.45) is 0. The molecule has 0 aliphatic rings. The minimum absolute atomic E-state index is 0.704. The highest BCUT2D eigenvalue weighted by Gasteiger charge is 2.25. The maximum Gasteiger partial charge on any atom is 0.160 e. The van der Waals surface area contributed by atoms with Gasteiger partial charge < -0.3 is 8.98 Å².